The van der Waals surface area contributed by atoms with Crippen LogP contribution in [0.1, 0.15) is 11.1 Å². The molecule has 0 saturated heterocycles. The van der Waals surface area contributed by atoms with Crippen LogP contribution < -0.4 is 11.3 Å². The molecular weight excluding hydrogens is 200 g/mol. The van der Waals surface area contributed by atoms with Gasteiger partial charge in [0.25, 0.3) is 5.56 Å². The predicted octanol–water partition coefficient (Wildman–Crippen LogP) is 1.79. The van der Waals surface area contributed by atoms with E-state index in [1.807, 2.05) is 43.5 Å². The minimum Gasteiger partial charge on any atom is -0.399 e. The van der Waals surface area contributed by atoms with E-state index in [4.69, 9.17) is 5.73 Å². The second-order valence-electron chi connectivity index (χ2n) is 3.91. The van der Waals surface area contributed by atoms with Crippen LogP contribution in [-0.2, 0) is 6.54 Å². The largest absolute Gasteiger partial charge is 0.399 e. The average Bonchev–Trinajstić information content (AvgIpc) is 2.27. The van der Waals surface area contributed by atoms with Crippen molar-refractivity contribution >= 4 is 5.69 Å². The van der Waals surface area contributed by atoms with Crippen LogP contribution in [0.2, 0.25) is 0 Å². The minimum atomic E-state index is 0.0161. The summed E-state index contributed by atoms with van der Waals surface area (Å²) in [6, 6.07) is 11.0. The van der Waals surface area contributed by atoms with Gasteiger partial charge in [-0.25, -0.2) is 0 Å². The molecule has 1 aromatic heterocycles. The van der Waals surface area contributed by atoms with Gasteiger partial charge >= 0.3 is 0 Å². The van der Waals surface area contributed by atoms with Gasteiger partial charge in [0, 0.05) is 18.0 Å². The maximum Gasteiger partial charge on any atom is 0.250 e. The number of benzene rings is 1. The molecule has 0 aliphatic carbocycles. The molecule has 0 aliphatic heterocycles. The van der Waals surface area contributed by atoms with E-state index in [1.54, 1.807) is 10.6 Å². The molecule has 0 amide bonds. The first-order chi connectivity index (χ1) is 7.65. The van der Waals surface area contributed by atoms with Gasteiger partial charge < -0.3 is 10.3 Å². The quantitative estimate of drug-likeness (QED) is 0.775. The summed E-state index contributed by atoms with van der Waals surface area (Å²) in [5.74, 6) is 0. The van der Waals surface area contributed by atoms with Crippen molar-refractivity contribution in [1.82, 2.24) is 4.57 Å². The third-order valence-electron chi connectivity index (χ3n) is 2.46. The molecule has 0 spiro atoms. The van der Waals surface area contributed by atoms with Crippen molar-refractivity contribution in [1.29, 1.82) is 0 Å². The molecule has 0 atom stereocenters. The Balaban J connectivity index is 2.30. The van der Waals surface area contributed by atoms with E-state index in [2.05, 4.69) is 0 Å². The lowest BCUT2D eigenvalue weighted by Gasteiger charge is -2.06. The summed E-state index contributed by atoms with van der Waals surface area (Å²) in [6.07, 6.45) is 1.86. The third kappa shape index (κ3) is 2.31. The number of anilines is 1. The SMILES string of the molecule is Cc1ccc(=O)n(Cc2ccc(N)cc2)c1. The molecule has 3 heteroatoms. The Morgan fingerprint density at radius 1 is 1.12 bits per heavy atom. The average molecular weight is 214 g/mol. The van der Waals surface area contributed by atoms with Gasteiger partial charge in [0.1, 0.15) is 0 Å². The van der Waals surface area contributed by atoms with Crippen molar-refractivity contribution in [2.75, 3.05) is 5.73 Å². The zero-order chi connectivity index (χ0) is 11.5. The second kappa shape index (κ2) is 4.23. The smallest absolute Gasteiger partial charge is 0.250 e. The van der Waals surface area contributed by atoms with Crippen molar-refractivity contribution in [2.45, 2.75) is 13.5 Å². The van der Waals surface area contributed by atoms with Gasteiger partial charge in [0.15, 0.2) is 0 Å². The molecule has 0 saturated carbocycles. The number of hydrogen-bond acceptors (Lipinski definition) is 2. The number of aromatic nitrogens is 1. The predicted molar refractivity (Wildman–Crippen MR) is 65.4 cm³/mol. The standard InChI is InChI=1S/C13H14N2O/c1-10-2-7-13(16)15(8-10)9-11-3-5-12(14)6-4-11/h2-8H,9,14H2,1H3. The van der Waals surface area contributed by atoms with E-state index in [-0.39, 0.29) is 5.56 Å². The van der Waals surface area contributed by atoms with Crippen LogP contribution >= 0.6 is 0 Å². The van der Waals surface area contributed by atoms with Gasteiger partial charge in [0.05, 0.1) is 6.54 Å². The number of nitrogen functional groups attached to an aromatic ring is 1. The summed E-state index contributed by atoms with van der Waals surface area (Å²) in [4.78, 5) is 11.6. The van der Waals surface area contributed by atoms with Gasteiger partial charge in [-0.15, -0.1) is 0 Å². The third-order valence-corrected chi connectivity index (χ3v) is 2.46. The van der Waals surface area contributed by atoms with Crippen molar-refractivity contribution < 1.29 is 0 Å². The summed E-state index contributed by atoms with van der Waals surface area (Å²) < 4.78 is 1.70. The van der Waals surface area contributed by atoms with Gasteiger partial charge in [-0.05, 0) is 30.2 Å². The highest BCUT2D eigenvalue weighted by atomic mass is 16.1. The molecule has 0 fully saturated rings. The number of nitrogens with zero attached hydrogens (tertiary/aromatic N) is 1. The molecule has 1 aromatic carbocycles. The number of rotatable bonds is 2. The molecule has 0 aliphatic rings. The van der Waals surface area contributed by atoms with Crippen LogP contribution in [0.5, 0.6) is 0 Å². The lowest BCUT2D eigenvalue weighted by Crippen LogP contribution is -2.19. The summed E-state index contributed by atoms with van der Waals surface area (Å²) in [7, 11) is 0. The van der Waals surface area contributed by atoms with E-state index >= 15 is 0 Å². The molecule has 1 heterocycles. The normalized spacial score (nSPS) is 10.3. The van der Waals surface area contributed by atoms with Crippen LogP contribution in [0.4, 0.5) is 5.69 Å². The Bertz CT molecular complexity index is 541. The molecule has 2 N–H and O–H groups in total. The second-order valence-corrected chi connectivity index (χ2v) is 3.91. The summed E-state index contributed by atoms with van der Waals surface area (Å²) in [6.45, 7) is 2.56. The van der Waals surface area contributed by atoms with Crippen LogP contribution in [0.25, 0.3) is 0 Å². The molecule has 3 nitrogen and oxygen atoms in total. The summed E-state index contributed by atoms with van der Waals surface area (Å²) in [5.41, 5.74) is 8.51. The fourth-order valence-corrected chi connectivity index (χ4v) is 1.59. The van der Waals surface area contributed by atoms with Gasteiger partial charge in [-0.2, -0.15) is 0 Å². The first kappa shape index (κ1) is 10.5. The molecule has 2 rings (SSSR count). The minimum absolute atomic E-state index is 0.0161. The van der Waals surface area contributed by atoms with Crippen molar-refractivity contribution in [3.63, 3.8) is 0 Å². The number of aryl methyl sites for hydroxylation is 1. The molecule has 82 valence electrons. The van der Waals surface area contributed by atoms with Crippen LogP contribution in [0, 0.1) is 6.92 Å². The molecule has 0 radical (unpaired) electrons. The highest BCUT2D eigenvalue weighted by molar-refractivity contribution is 5.39. The molecular formula is C13H14N2O. The fraction of sp³-hybridized carbons (Fsp3) is 0.154. The van der Waals surface area contributed by atoms with Crippen molar-refractivity contribution in [3.8, 4) is 0 Å². The lowest BCUT2D eigenvalue weighted by atomic mass is 10.2. The summed E-state index contributed by atoms with van der Waals surface area (Å²) >= 11 is 0. The van der Waals surface area contributed by atoms with Gasteiger partial charge in [-0.3, -0.25) is 4.79 Å². The maximum absolute atomic E-state index is 11.6. The highest BCUT2D eigenvalue weighted by Crippen LogP contribution is 2.06. The molecule has 2 aromatic rings. The van der Waals surface area contributed by atoms with Gasteiger partial charge in [-0.1, -0.05) is 18.2 Å². The van der Waals surface area contributed by atoms with Crippen molar-refractivity contribution in [3.05, 3.63) is 64.1 Å². The fourth-order valence-electron chi connectivity index (χ4n) is 1.59. The number of hydrogen-bond donors (Lipinski definition) is 1. The Morgan fingerprint density at radius 3 is 2.50 bits per heavy atom. The van der Waals surface area contributed by atoms with E-state index in [9.17, 15) is 4.79 Å². The van der Waals surface area contributed by atoms with Crippen LogP contribution in [0.15, 0.2) is 47.4 Å². The Morgan fingerprint density at radius 2 is 1.81 bits per heavy atom. The Labute approximate surface area is 94.1 Å². The van der Waals surface area contributed by atoms with Crippen LogP contribution in [0.3, 0.4) is 0 Å². The van der Waals surface area contributed by atoms with Crippen LogP contribution in [-0.4, -0.2) is 4.57 Å². The van der Waals surface area contributed by atoms with E-state index in [1.165, 1.54) is 0 Å². The topological polar surface area (TPSA) is 48.0 Å². The first-order valence-electron chi connectivity index (χ1n) is 5.17. The highest BCUT2D eigenvalue weighted by Gasteiger charge is 1.98. The maximum atomic E-state index is 11.6. The molecule has 0 unspecified atom stereocenters. The van der Waals surface area contributed by atoms with E-state index in [0.717, 1.165) is 16.8 Å². The van der Waals surface area contributed by atoms with E-state index in [0.29, 0.717) is 6.54 Å². The molecule has 16 heavy (non-hydrogen) atoms. The summed E-state index contributed by atoms with van der Waals surface area (Å²) in [5, 5.41) is 0. The Hall–Kier alpha value is -2.03. The van der Waals surface area contributed by atoms with Gasteiger partial charge in [0.2, 0.25) is 0 Å². The monoisotopic (exact) mass is 214 g/mol. The van der Waals surface area contributed by atoms with Crippen molar-refractivity contribution in [2.24, 2.45) is 0 Å². The first-order valence-corrected chi connectivity index (χ1v) is 5.17. The lowest BCUT2D eigenvalue weighted by molar-refractivity contribution is 0.754. The zero-order valence-electron chi connectivity index (χ0n) is 9.18. The zero-order valence-corrected chi connectivity index (χ0v) is 9.18. The Kier molecular flexibility index (Phi) is 2.77. The number of nitrogens with two attached hydrogens (primary N) is 1. The van der Waals surface area contributed by atoms with E-state index < -0.39 is 0 Å². The molecule has 0 bridgehead atoms. The number of pyridine rings is 1.